The Bertz CT molecular complexity index is 663. The van der Waals surface area contributed by atoms with Crippen LogP contribution >= 0.6 is 0 Å². The monoisotopic (exact) mass is 314 g/mol. The zero-order valence-corrected chi connectivity index (χ0v) is 13.6. The van der Waals surface area contributed by atoms with E-state index in [1.54, 1.807) is 7.11 Å². The Labute approximate surface area is 136 Å². The normalized spacial score (nSPS) is 30.2. The van der Waals surface area contributed by atoms with Crippen LogP contribution in [0.2, 0.25) is 0 Å². The number of methoxy groups -OCH3 is 1. The largest absolute Gasteiger partial charge is 0.497 e. The lowest BCUT2D eigenvalue weighted by Crippen LogP contribution is -2.39. The van der Waals surface area contributed by atoms with Crippen molar-refractivity contribution in [1.82, 2.24) is 0 Å². The fraction of sp³-hybridized carbons (Fsp3) is 0.526. The Morgan fingerprint density at radius 2 is 2.04 bits per heavy atom. The summed E-state index contributed by atoms with van der Waals surface area (Å²) in [7, 11) is 1.62. The molecule has 1 aromatic carbocycles. The van der Waals surface area contributed by atoms with Gasteiger partial charge in [0.25, 0.3) is 0 Å². The van der Waals surface area contributed by atoms with Crippen molar-refractivity contribution in [1.29, 1.82) is 0 Å². The molecular formula is C19H22O4. The highest BCUT2D eigenvalue weighted by Crippen LogP contribution is 2.49. The van der Waals surface area contributed by atoms with E-state index < -0.39 is 5.41 Å². The predicted octanol–water partition coefficient (Wildman–Crippen LogP) is 3.01. The average Bonchev–Trinajstić information content (AvgIpc) is 2.83. The maximum atomic E-state index is 13.0. The second-order valence-electron chi connectivity index (χ2n) is 6.89. The van der Waals surface area contributed by atoms with Crippen LogP contribution in [0.3, 0.4) is 0 Å². The van der Waals surface area contributed by atoms with Crippen LogP contribution in [0.25, 0.3) is 0 Å². The fourth-order valence-corrected chi connectivity index (χ4v) is 4.35. The van der Waals surface area contributed by atoms with Crippen LogP contribution in [-0.2, 0) is 16.0 Å². The molecule has 3 rings (SSSR count). The molecule has 0 radical (unpaired) electrons. The molecule has 3 atom stereocenters. The number of ether oxygens (including phenoxy) is 1. The maximum absolute atomic E-state index is 13.0. The Hall–Kier alpha value is -1.97. The van der Waals surface area contributed by atoms with Gasteiger partial charge in [0.1, 0.15) is 17.8 Å². The maximum Gasteiger partial charge on any atom is 0.166 e. The van der Waals surface area contributed by atoms with E-state index in [0.717, 1.165) is 36.0 Å². The quantitative estimate of drug-likeness (QED) is 0.802. The predicted molar refractivity (Wildman–Crippen MR) is 85.7 cm³/mol. The van der Waals surface area contributed by atoms with Crippen molar-refractivity contribution in [3.05, 3.63) is 29.3 Å². The molecule has 3 unspecified atom stereocenters. The van der Waals surface area contributed by atoms with E-state index in [1.807, 2.05) is 25.1 Å². The van der Waals surface area contributed by atoms with Gasteiger partial charge in [0, 0.05) is 29.7 Å². The first kappa shape index (κ1) is 15.9. The van der Waals surface area contributed by atoms with Gasteiger partial charge in [-0.25, -0.2) is 0 Å². The first-order valence-corrected chi connectivity index (χ1v) is 8.19. The molecule has 0 spiro atoms. The summed E-state index contributed by atoms with van der Waals surface area (Å²) in [6, 6.07) is 5.56. The number of aldehydes is 1. The minimum Gasteiger partial charge on any atom is -0.497 e. The van der Waals surface area contributed by atoms with E-state index in [0.29, 0.717) is 12.8 Å². The Morgan fingerprint density at radius 1 is 1.26 bits per heavy atom. The third kappa shape index (κ3) is 2.50. The first-order valence-electron chi connectivity index (χ1n) is 8.19. The number of hydrogen-bond acceptors (Lipinski definition) is 4. The van der Waals surface area contributed by atoms with Crippen LogP contribution in [0.15, 0.2) is 18.2 Å². The summed E-state index contributed by atoms with van der Waals surface area (Å²) in [6.07, 6.45) is 3.79. The SMILES string of the molecule is COc1ccc2c(c1)CCC(C1CCC(=O)C1(C)CC=O)C2=O. The molecule has 2 aliphatic carbocycles. The molecule has 1 saturated carbocycles. The third-order valence-corrected chi connectivity index (χ3v) is 5.77. The van der Waals surface area contributed by atoms with Crippen molar-refractivity contribution in [3.63, 3.8) is 0 Å². The highest BCUT2D eigenvalue weighted by molar-refractivity contribution is 6.01. The number of Topliss-reactive ketones (excluding diaryl/α,β-unsaturated/α-hetero) is 2. The summed E-state index contributed by atoms with van der Waals surface area (Å²) in [5.41, 5.74) is 1.09. The molecule has 23 heavy (non-hydrogen) atoms. The van der Waals surface area contributed by atoms with E-state index in [9.17, 15) is 14.4 Å². The molecule has 122 valence electrons. The molecule has 0 heterocycles. The number of benzene rings is 1. The molecule has 0 saturated heterocycles. The van der Waals surface area contributed by atoms with E-state index >= 15 is 0 Å². The van der Waals surface area contributed by atoms with Gasteiger partial charge in [-0.2, -0.15) is 0 Å². The van der Waals surface area contributed by atoms with Gasteiger partial charge >= 0.3 is 0 Å². The van der Waals surface area contributed by atoms with Crippen molar-refractivity contribution < 1.29 is 19.1 Å². The number of rotatable bonds is 4. The van der Waals surface area contributed by atoms with E-state index in [4.69, 9.17) is 4.74 Å². The van der Waals surface area contributed by atoms with Crippen LogP contribution < -0.4 is 4.74 Å². The molecule has 0 N–H and O–H groups in total. The van der Waals surface area contributed by atoms with E-state index in [1.165, 1.54) is 0 Å². The average molecular weight is 314 g/mol. The van der Waals surface area contributed by atoms with E-state index in [2.05, 4.69) is 0 Å². The van der Waals surface area contributed by atoms with Crippen molar-refractivity contribution in [2.24, 2.45) is 17.3 Å². The summed E-state index contributed by atoms with van der Waals surface area (Å²) >= 11 is 0. The zero-order valence-electron chi connectivity index (χ0n) is 13.6. The number of hydrogen-bond donors (Lipinski definition) is 0. The van der Waals surface area contributed by atoms with Crippen LogP contribution in [0.4, 0.5) is 0 Å². The first-order chi connectivity index (χ1) is 11.0. The van der Waals surface area contributed by atoms with Crippen LogP contribution in [0.5, 0.6) is 5.75 Å². The molecule has 0 amide bonds. The standard InChI is InChI=1S/C19H22O4/c1-19(9-10-20)16(7-8-17(19)21)15-5-3-12-11-13(23-2)4-6-14(12)18(15)22/h4,6,10-11,15-16H,3,5,7-9H2,1-2H3. The minimum absolute atomic E-state index is 0.0250. The summed E-state index contributed by atoms with van der Waals surface area (Å²) in [5, 5.41) is 0. The van der Waals surface area contributed by atoms with Crippen LogP contribution in [-0.4, -0.2) is 25.0 Å². The minimum atomic E-state index is -0.675. The van der Waals surface area contributed by atoms with Crippen LogP contribution in [0.1, 0.15) is 48.5 Å². The third-order valence-electron chi connectivity index (χ3n) is 5.77. The van der Waals surface area contributed by atoms with Gasteiger partial charge in [-0.3, -0.25) is 9.59 Å². The molecule has 4 nitrogen and oxygen atoms in total. The number of carbonyl (C=O) groups excluding carboxylic acids is 3. The Morgan fingerprint density at radius 3 is 2.74 bits per heavy atom. The second-order valence-corrected chi connectivity index (χ2v) is 6.89. The van der Waals surface area contributed by atoms with Crippen molar-refractivity contribution in [3.8, 4) is 5.75 Å². The highest BCUT2D eigenvalue weighted by atomic mass is 16.5. The number of ketones is 2. The van der Waals surface area contributed by atoms with Crippen molar-refractivity contribution >= 4 is 17.9 Å². The topological polar surface area (TPSA) is 60.4 Å². The summed E-state index contributed by atoms with van der Waals surface area (Å²) in [6.45, 7) is 1.86. The molecule has 0 aliphatic heterocycles. The zero-order chi connectivity index (χ0) is 16.6. The molecule has 1 aromatic rings. The van der Waals surface area contributed by atoms with Gasteiger partial charge < -0.3 is 9.53 Å². The van der Waals surface area contributed by atoms with Gasteiger partial charge in [0.05, 0.1) is 7.11 Å². The molecule has 4 heteroatoms. The van der Waals surface area contributed by atoms with Crippen LogP contribution in [0, 0.1) is 17.3 Å². The molecular weight excluding hydrogens is 292 g/mol. The van der Waals surface area contributed by atoms with Gasteiger partial charge in [-0.05, 0) is 48.9 Å². The lowest BCUT2D eigenvalue weighted by atomic mass is 9.65. The highest BCUT2D eigenvalue weighted by Gasteiger charge is 2.51. The lowest BCUT2D eigenvalue weighted by molar-refractivity contribution is -0.129. The Balaban J connectivity index is 1.91. The molecule has 2 aliphatic rings. The van der Waals surface area contributed by atoms with E-state index in [-0.39, 0.29) is 29.8 Å². The molecule has 0 aromatic heterocycles. The summed E-state index contributed by atoms with van der Waals surface area (Å²) in [5.74, 6) is 0.820. The number of aryl methyl sites for hydroxylation is 1. The van der Waals surface area contributed by atoms with Crippen molar-refractivity contribution in [2.45, 2.75) is 39.0 Å². The summed E-state index contributed by atoms with van der Waals surface area (Å²) in [4.78, 5) is 36.3. The molecule has 1 fully saturated rings. The van der Waals surface area contributed by atoms with Gasteiger partial charge in [0.15, 0.2) is 5.78 Å². The number of fused-ring (bicyclic) bond motifs is 1. The van der Waals surface area contributed by atoms with Gasteiger partial charge in [0.2, 0.25) is 0 Å². The fourth-order valence-electron chi connectivity index (χ4n) is 4.35. The lowest BCUT2D eigenvalue weighted by Gasteiger charge is -2.36. The van der Waals surface area contributed by atoms with Crippen molar-refractivity contribution in [2.75, 3.05) is 7.11 Å². The second kappa shape index (κ2) is 5.91. The molecule has 0 bridgehead atoms. The summed E-state index contributed by atoms with van der Waals surface area (Å²) < 4.78 is 5.23. The Kier molecular flexibility index (Phi) is 4.09. The van der Waals surface area contributed by atoms with Gasteiger partial charge in [-0.1, -0.05) is 6.92 Å². The number of carbonyl (C=O) groups is 3. The smallest absolute Gasteiger partial charge is 0.166 e. The van der Waals surface area contributed by atoms with Gasteiger partial charge in [-0.15, -0.1) is 0 Å².